The van der Waals surface area contributed by atoms with E-state index >= 15 is 0 Å². The van der Waals surface area contributed by atoms with Crippen LogP contribution in [-0.2, 0) is 19.6 Å². The Balaban J connectivity index is 0.00000261. The van der Waals surface area contributed by atoms with Crippen molar-refractivity contribution in [2.75, 3.05) is 13.1 Å². The van der Waals surface area contributed by atoms with Gasteiger partial charge in [-0.1, -0.05) is 24.3 Å². The van der Waals surface area contributed by atoms with Crippen LogP contribution in [0, 0.1) is 0 Å². The predicted molar refractivity (Wildman–Crippen MR) is 118 cm³/mol. The number of hydrogen-bond donors (Lipinski definition) is 2. The lowest BCUT2D eigenvalue weighted by Gasteiger charge is -2.12. The molecule has 3 rings (SSSR count). The number of aliphatic imine (C=N–C) groups is 1. The first-order valence-electron chi connectivity index (χ1n) is 8.86. The summed E-state index contributed by atoms with van der Waals surface area (Å²) < 4.78 is 3.96. The number of halogens is 1. The van der Waals surface area contributed by atoms with Crippen LogP contribution in [0.1, 0.15) is 18.1 Å². The summed E-state index contributed by atoms with van der Waals surface area (Å²) in [4.78, 5) is 8.67. The second kappa shape index (κ2) is 11.4. The van der Waals surface area contributed by atoms with Crippen LogP contribution in [0.15, 0.2) is 66.4 Å². The molecule has 144 valence electrons. The van der Waals surface area contributed by atoms with Crippen LogP contribution >= 0.6 is 24.0 Å². The van der Waals surface area contributed by atoms with E-state index < -0.39 is 0 Å². The lowest BCUT2D eigenvalue weighted by Crippen LogP contribution is -2.38. The summed E-state index contributed by atoms with van der Waals surface area (Å²) in [5, 5.41) is 10.8. The number of aromatic nitrogens is 4. The maximum absolute atomic E-state index is 4.69. The first-order chi connectivity index (χ1) is 12.8. The monoisotopic (exact) mass is 479 g/mol. The van der Waals surface area contributed by atoms with Gasteiger partial charge in [-0.2, -0.15) is 5.10 Å². The van der Waals surface area contributed by atoms with E-state index in [0.717, 1.165) is 25.6 Å². The molecule has 0 bridgehead atoms. The van der Waals surface area contributed by atoms with Gasteiger partial charge in [0, 0.05) is 32.0 Å². The van der Waals surface area contributed by atoms with E-state index in [9.17, 15) is 0 Å². The zero-order valence-corrected chi connectivity index (χ0v) is 17.8. The molecule has 0 fully saturated rings. The first-order valence-corrected chi connectivity index (χ1v) is 8.86. The zero-order valence-electron chi connectivity index (χ0n) is 15.5. The van der Waals surface area contributed by atoms with Crippen LogP contribution in [0.3, 0.4) is 0 Å². The number of benzene rings is 1. The average Bonchev–Trinajstić information content (AvgIpc) is 3.34. The van der Waals surface area contributed by atoms with Gasteiger partial charge in [0.1, 0.15) is 12.7 Å². The van der Waals surface area contributed by atoms with Gasteiger partial charge in [-0.3, -0.25) is 0 Å². The van der Waals surface area contributed by atoms with E-state index in [2.05, 4.69) is 68.9 Å². The quantitative estimate of drug-likeness (QED) is 0.296. The van der Waals surface area contributed by atoms with Gasteiger partial charge >= 0.3 is 0 Å². The maximum Gasteiger partial charge on any atom is 0.191 e. The average molecular weight is 479 g/mol. The number of rotatable bonds is 8. The van der Waals surface area contributed by atoms with Gasteiger partial charge in [0.25, 0.3) is 0 Å². The number of nitrogens with zero attached hydrogens (tertiary/aromatic N) is 5. The molecule has 0 aliphatic rings. The van der Waals surface area contributed by atoms with Gasteiger partial charge in [-0.15, -0.1) is 24.0 Å². The summed E-state index contributed by atoms with van der Waals surface area (Å²) in [5.41, 5.74) is 2.36. The van der Waals surface area contributed by atoms with E-state index in [0.29, 0.717) is 13.1 Å². The highest BCUT2D eigenvalue weighted by Gasteiger charge is 2.00. The Morgan fingerprint density at radius 1 is 1.11 bits per heavy atom. The number of guanidine groups is 1. The molecule has 0 radical (unpaired) electrons. The third-order valence-electron chi connectivity index (χ3n) is 3.90. The topological polar surface area (TPSA) is 72.1 Å². The first kappa shape index (κ1) is 20.9. The molecule has 2 aromatic heterocycles. The normalized spacial score (nSPS) is 11.1. The van der Waals surface area contributed by atoms with Crippen molar-refractivity contribution in [2.24, 2.45) is 4.99 Å². The van der Waals surface area contributed by atoms with Crippen molar-refractivity contribution in [3.8, 4) is 0 Å². The standard InChI is InChI=1S/C19H25N7.HI/c1-2-21-19(22-8-11-25-9-3-4-10-25)23-13-17-6-5-7-18(12-17)14-26-16-20-15-24-26;/h3-7,9-10,12,15-16H,2,8,11,13-14H2,1H3,(H2,21,22,23);1H. The van der Waals surface area contributed by atoms with Crippen LogP contribution in [0.5, 0.6) is 0 Å². The molecule has 0 spiro atoms. The molecular weight excluding hydrogens is 453 g/mol. The van der Waals surface area contributed by atoms with Crippen molar-refractivity contribution in [1.82, 2.24) is 30.0 Å². The van der Waals surface area contributed by atoms with Crippen LogP contribution in [0.25, 0.3) is 0 Å². The highest BCUT2D eigenvalue weighted by Crippen LogP contribution is 2.08. The van der Waals surface area contributed by atoms with Gasteiger partial charge in [-0.25, -0.2) is 14.7 Å². The van der Waals surface area contributed by atoms with E-state index in [1.807, 2.05) is 16.8 Å². The Hall–Kier alpha value is -2.36. The van der Waals surface area contributed by atoms with Gasteiger partial charge in [-0.05, 0) is 30.2 Å². The van der Waals surface area contributed by atoms with E-state index in [1.54, 1.807) is 12.7 Å². The van der Waals surface area contributed by atoms with Crippen LogP contribution < -0.4 is 10.6 Å². The smallest absolute Gasteiger partial charge is 0.191 e. The van der Waals surface area contributed by atoms with Gasteiger partial charge < -0.3 is 15.2 Å². The van der Waals surface area contributed by atoms with Crippen molar-refractivity contribution in [1.29, 1.82) is 0 Å². The summed E-state index contributed by atoms with van der Waals surface area (Å²) in [6, 6.07) is 12.5. The van der Waals surface area contributed by atoms with Crippen molar-refractivity contribution in [3.63, 3.8) is 0 Å². The molecule has 3 aromatic rings. The summed E-state index contributed by atoms with van der Waals surface area (Å²) in [7, 11) is 0. The van der Waals surface area contributed by atoms with Gasteiger partial charge in [0.2, 0.25) is 0 Å². The molecule has 0 atom stereocenters. The molecule has 0 aliphatic carbocycles. The van der Waals surface area contributed by atoms with Crippen molar-refractivity contribution in [3.05, 3.63) is 72.6 Å². The molecule has 2 heterocycles. The fourth-order valence-corrected chi connectivity index (χ4v) is 2.66. The van der Waals surface area contributed by atoms with Gasteiger partial charge in [0.05, 0.1) is 13.1 Å². The van der Waals surface area contributed by atoms with Gasteiger partial charge in [0.15, 0.2) is 5.96 Å². The largest absolute Gasteiger partial charge is 0.357 e. The highest BCUT2D eigenvalue weighted by atomic mass is 127. The van der Waals surface area contributed by atoms with E-state index in [-0.39, 0.29) is 24.0 Å². The van der Waals surface area contributed by atoms with Crippen molar-refractivity contribution in [2.45, 2.75) is 26.6 Å². The summed E-state index contributed by atoms with van der Waals surface area (Å²) in [5.74, 6) is 0.835. The Morgan fingerprint density at radius 3 is 2.67 bits per heavy atom. The summed E-state index contributed by atoms with van der Waals surface area (Å²) in [6.07, 6.45) is 7.40. The number of hydrogen-bond acceptors (Lipinski definition) is 3. The Kier molecular flexibility index (Phi) is 8.82. The Labute approximate surface area is 176 Å². The Morgan fingerprint density at radius 2 is 1.93 bits per heavy atom. The third-order valence-corrected chi connectivity index (χ3v) is 3.90. The fraction of sp³-hybridized carbons (Fsp3) is 0.316. The molecule has 0 amide bonds. The summed E-state index contributed by atoms with van der Waals surface area (Å²) in [6.45, 7) is 5.98. The van der Waals surface area contributed by atoms with Crippen LogP contribution in [0.2, 0.25) is 0 Å². The molecule has 0 aliphatic heterocycles. The van der Waals surface area contributed by atoms with Crippen LogP contribution in [0.4, 0.5) is 0 Å². The highest BCUT2D eigenvalue weighted by molar-refractivity contribution is 14.0. The van der Waals surface area contributed by atoms with Crippen molar-refractivity contribution < 1.29 is 0 Å². The van der Waals surface area contributed by atoms with E-state index in [1.165, 1.54) is 11.1 Å². The molecule has 27 heavy (non-hydrogen) atoms. The van der Waals surface area contributed by atoms with E-state index in [4.69, 9.17) is 4.99 Å². The Bertz CT molecular complexity index is 797. The molecule has 1 aromatic carbocycles. The molecule has 0 saturated carbocycles. The molecule has 7 nitrogen and oxygen atoms in total. The minimum Gasteiger partial charge on any atom is -0.357 e. The molecule has 0 unspecified atom stereocenters. The lowest BCUT2D eigenvalue weighted by molar-refractivity contribution is 0.665. The molecule has 2 N–H and O–H groups in total. The molecule has 8 heteroatoms. The third kappa shape index (κ3) is 7.05. The zero-order chi connectivity index (χ0) is 18.0. The van der Waals surface area contributed by atoms with Crippen LogP contribution in [-0.4, -0.2) is 38.4 Å². The minimum atomic E-state index is 0. The van der Waals surface area contributed by atoms with Crippen molar-refractivity contribution >= 4 is 29.9 Å². The molecular formula is C19H26IN7. The summed E-state index contributed by atoms with van der Waals surface area (Å²) >= 11 is 0. The lowest BCUT2D eigenvalue weighted by atomic mass is 10.1. The maximum atomic E-state index is 4.69. The fourth-order valence-electron chi connectivity index (χ4n) is 2.66. The SMILES string of the molecule is CCNC(=NCc1cccc(Cn2cncn2)c1)NCCn1cccc1.I. The minimum absolute atomic E-state index is 0. The molecule has 0 saturated heterocycles. The number of nitrogens with one attached hydrogen (secondary N) is 2. The predicted octanol–water partition coefficient (Wildman–Crippen LogP) is 2.50. The second-order valence-corrected chi connectivity index (χ2v) is 5.96. The second-order valence-electron chi connectivity index (χ2n) is 5.96.